The smallest absolute Gasteiger partial charge is 0.416 e. The molecular formula is C20H19F6N3O5. The van der Waals surface area contributed by atoms with E-state index in [4.69, 9.17) is 9.47 Å². The Labute approximate surface area is 188 Å². The zero-order valence-electron chi connectivity index (χ0n) is 17.3. The van der Waals surface area contributed by atoms with Gasteiger partial charge in [-0.25, -0.2) is 4.68 Å². The normalized spacial score (nSPS) is 21.9. The monoisotopic (exact) mass is 495 g/mol. The summed E-state index contributed by atoms with van der Waals surface area (Å²) in [6.07, 6.45) is -10.7. The minimum atomic E-state index is -4.61. The van der Waals surface area contributed by atoms with Crippen molar-refractivity contribution in [3.05, 3.63) is 41.1 Å². The van der Waals surface area contributed by atoms with Crippen molar-refractivity contribution in [1.82, 2.24) is 15.1 Å². The molecule has 34 heavy (non-hydrogen) atoms. The number of carbonyl (C=O) groups excluding carboxylic acids is 1. The van der Waals surface area contributed by atoms with Crippen LogP contribution in [0.2, 0.25) is 0 Å². The van der Waals surface area contributed by atoms with Gasteiger partial charge < -0.3 is 24.6 Å². The van der Waals surface area contributed by atoms with Crippen LogP contribution in [0.15, 0.2) is 24.3 Å². The molecule has 3 atom stereocenters. The number of aliphatic hydroxyl groups excluding tert-OH is 1. The van der Waals surface area contributed by atoms with Gasteiger partial charge in [0.05, 0.1) is 24.8 Å². The predicted octanol–water partition coefficient (Wildman–Crippen LogP) is 2.86. The minimum Gasteiger partial charge on any atom is -0.491 e. The molecule has 8 nitrogen and oxygen atoms in total. The van der Waals surface area contributed by atoms with E-state index in [1.54, 1.807) is 0 Å². The lowest BCUT2D eigenvalue weighted by atomic mass is 9.97. The molecule has 2 aromatic rings. The van der Waals surface area contributed by atoms with E-state index >= 15 is 0 Å². The van der Waals surface area contributed by atoms with Crippen LogP contribution in [0.4, 0.5) is 26.3 Å². The Bertz CT molecular complexity index is 1030. The maximum absolute atomic E-state index is 13.0. The summed E-state index contributed by atoms with van der Waals surface area (Å²) in [7, 11) is 0. The van der Waals surface area contributed by atoms with Crippen LogP contribution in [0.3, 0.4) is 0 Å². The van der Waals surface area contributed by atoms with Gasteiger partial charge in [-0.05, 0) is 18.2 Å². The van der Waals surface area contributed by atoms with Gasteiger partial charge in [0.15, 0.2) is 5.69 Å². The van der Waals surface area contributed by atoms with Crippen LogP contribution in [0.25, 0.3) is 0 Å². The number of aliphatic hydroxyl groups is 1. The predicted molar refractivity (Wildman–Crippen MR) is 101 cm³/mol. The fourth-order valence-electron chi connectivity index (χ4n) is 3.63. The molecule has 186 valence electrons. The molecule has 2 N–H and O–H groups in total. The molecule has 4 rings (SSSR count). The minimum absolute atomic E-state index is 0.0659. The summed E-state index contributed by atoms with van der Waals surface area (Å²) < 4.78 is 92.1. The van der Waals surface area contributed by atoms with Crippen molar-refractivity contribution in [1.29, 1.82) is 0 Å². The van der Waals surface area contributed by atoms with E-state index in [1.807, 2.05) is 0 Å². The average Bonchev–Trinajstić information content (AvgIpc) is 3.30. The molecule has 0 saturated carbocycles. The number of fused-ring (bicyclic) bond motifs is 2. The van der Waals surface area contributed by atoms with E-state index in [0.717, 1.165) is 18.2 Å². The summed E-state index contributed by atoms with van der Waals surface area (Å²) in [6, 6.07) is 3.02. The van der Waals surface area contributed by atoms with Gasteiger partial charge in [0.25, 0.3) is 5.91 Å². The van der Waals surface area contributed by atoms with E-state index < -0.39 is 48.7 Å². The van der Waals surface area contributed by atoms with Crippen molar-refractivity contribution >= 4 is 5.91 Å². The van der Waals surface area contributed by atoms with Crippen molar-refractivity contribution in [2.45, 2.75) is 43.6 Å². The number of amides is 1. The number of benzene rings is 1. The number of alkyl halides is 6. The molecule has 0 bridgehead atoms. The lowest BCUT2D eigenvalue weighted by molar-refractivity contribution is -0.174. The zero-order valence-corrected chi connectivity index (χ0v) is 17.3. The van der Waals surface area contributed by atoms with Gasteiger partial charge in [-0.1, -0.05) is 0 Å². The Balaban J connectivity index is 1.33. The van der Waals surface area contributed by atoms with Crippen molar-refractivity contribution in [2.24, 2.45) is 0 Å². The Morgan fingerprint density at radius 3 is 2.68 bits per heavy atom. The van der Waals surface area contributed by atoms with Crippen LogP contribution in [-0.2, 0) is 17.5 Å². The number of nitrogens with zero attached hydrogens (tertiary/aromatic N) is 2. The molecular weight excluding hydrogens is 476 g/mol. The van der Waals surface area contributed by atoms with E-state index in [-0.39, 0.29) is 49.1 Å². The number of hydrogen-bond acceptors (Lipinski definition) is 6. The first-order valence-electron chi connectivity index (χ1n) is 10.1. The van der Waals surface area contributed by atoms with Gasteiger partial charge in [0.1, 0.15) is 31.2 Å². The second kappa shape index (κ2) is 8.98. The van der Waals surface area contributed by atoms with Crippen LogP contribution < -0.4 is 14.8 Å². The molecule has 0 radical (unpaired) electrons. The fraction of sp³-hybridized carbons (Fsp3) is 0.500. The number of nitrogens with one attached hydrogen (secondary N) is 1. The summed E-state index contributed by atoms with van der Waals surface area (Å²) in [5.74, 6) is -0.393. The lowest BCUT2D eigenvalue weighted by Gasteiger charge is -2.31. The molecule has 0 saturated heterocycles. The lowest BCUT2D eigenvalue weighted by Crippen LogP contribution is -2.45. The van der Waals surface area contributed by atoms with Gasteiger partial charge in [0.2, 0.25) is 5.88 Å². The molecule has 0 fully saturated rings. The zero-order chi connectivity index (χ0) is 24.7. The van der Waals surface area contributed by atoms with E-state index in [1.165, 1.54) is 10.7 Å². The van der Waals surface area contributed by atoms with Gasteiger partial charge in [-0.3, -0.25) is 4.79 Å². The number of carbonyl (C=O) groups is 1. The Morgan fingerprint density at radius 1 is 1.24 bits per heavy atom. The van der Waals surface area contributed by atoms with Gasteiger partial charge in [-0.15, -0.1) is 0 Å². The molecule has 0 aliphatic carbocycles. The van der Waals surface area contributed by atoms with Gasteiger partial charge in [0, 0.05) is 18.1 Å². The van der Waals surface area contributed by atoms with Crippen LogP contribution >= 0.6 is 0 Å². The van der Waals surface area contributed by atoms with E-state index in [0.29, 0.717) is 0 Å². The van der Waals surface area contributed by atoms with Crippen molar-refractivity contribution in [3.63, 3.8) is 0 Å². The summed E-state index contributed by atoms with van der Waals surface area (Å²) in [6.45, 7) is -1.50. The summed E-state index contributed by atoms with van der Waals surface area (Å²) in [5.41, 5.74) is -1.12. The highest BCUT2D eigenvalue weighted by molar-refractivity contribution is 5.92. The molecule has 2 aliphatic heterocycles. The third-order valence-corrected chi connectivity index (χ3v) is 5.26. The molecule has 14 heteroatoms. The largest absolute Gasteiger partial charge is 0.491 e. The fourth-order valence-corrected chi connectivity index (χ4v) is 3.63. The first-order valence-corrected chi connectivity index (χ1v) is 10.1. The first-order chi connectivity index (χ1) is 15.9. The maximum atomic E-state index is 13.0. The van der Waals surface area contributed by atoms with Crippen molar-refractivity contribution in [2.75, 3.05) is 19.8 Å². The quantitative estimate of drug-likeness (QED) is 0.473. The molecule has 2 aliphatic rings. The Kier molecular flexibility index (Phi) is 6.38. The first kappa shape index (κ1) is 24.1. The van der Waals surface area contributed by atoms with E-state index in [9.17, 15) is 36.2 Å². The Morgan fingerprint density at radius 2 is 2.00 bits per heavy atom. The second-order valence-electron chi connectivity index (χ2n) is 7.83. The third-order valence-electron chi connectivity index (χ3n) is 5.26. The standard InChI is InChI=1S/C20H19F6N3O5/c21-19(22,23)9-32-4-3-11-7-29-16(34-11)6-13(28-29)18(31)27-14-8-33-15-2-1-10(20(24,25)26)5-12(15)17(14)30/h1-2,5-6,11,14,17,30H,3-4,7-9H2,(H,27,31)/t11-,14+,17?/m1/s1. The topological polar surface area (TPSA) is 94.8 Å². The highest BCUT2D eigenvalue weighted by atomic mass is 19.4. The Hall–Kier alpha value is -3.00. The molecule has 1 amide bonds. The molecule has 1 aromatic heterocycles. The molecule has 1 aromatic carbocycles. The maximum Gasteiger partial charge on any atom is 0.416 e. The van der Waals surface area contributed by atoms with Gasteiger partial charge >= 0.3 is 12.4 Å². The van der Waals surface area contributed by atoms with Crippen LogP contribution in [0, 0.1) is 0 Å². The summed E-state index contributed by atoms with van der Waals surface area (Å²) in [5, 5.41) is 17.1. The number of rotatable bonds is 6. The van der Waals surface area contributed by atoms with Crippen LogP contribution in [0.1, 0.15) is 34.1 Å². The SMILES string of the molecule is O=C(N[C@H]1COc2ccc(C(F)(F)F)cc2C1O)c1cc2n(n1)C[C@@H](CCOCC(F)(F)F)O2. The second-order valence-corrected chi connectivity index (χ2v) is 7.83. The van der Waals surface area contributed by atoms with E-state index in [2.05, 4.69) is 15.2 Å². The van der Waals surface area contributed by atoms with Crippen LogP contribution in [0.5, 0.6) is 11.6 Å². The van der Waals surface area contributed by atoms with Crippen LogP contribution in [-0.4, -0.2) is 58.9 Å². The number of ether oxygens (including phenoxy) is 3. The molecule has 3 heterocycles. The summed E-state index contributed by atoms with van der Waals surface area (Å²) >= 11 is 0. The van der Waals surface area contributed by atoms with Gasteiger partial charge in [-0.2, -0.15) is 31.4 Å². The highest BCUT2D eigenvalue weighted by Crippen LogP contribution is 2.38. The number of aromatic nitrogens is 2. The van der Waals surface area contributed by atoms with Crippen molar-refractivity contribution in [3.8, 4) is 11.6 Å². The number of hydrogen-bond donors (Lipinski definition) is 2. The molecule has 0 spiro atoms. The van der Waals surface area contributed by atoms with Crippen molar-refractivity contribution < 1.29 is 50.5 Å². The highest BCUT2D eigenvalue weighted by Gasteiger charge is 2.36. The summed E-state index contributed by atoms with van der Waals surface area (Å²) in [4.78, 5) is 12.6. The third kappa shape index (κ3) is 5.38. The average molecular weight is 495 g/mol. The number of halogens is 6. The molecule has 1 unspecified atom stereocenters.